The highest BCUT2D eigenvalue weighted by Crippen LogP contribution is 2.03. The molecule has 0 heterocycles. The third-order valence-corrected chi connectivity index (χ3v) is 2.71. The molecule has 0 saturated carbocycles. The maximum atomic E-state index is 5.66. The minimum absolute atomic E-state index is 0.445. The van der Waals surface area contributed by atoms with Crippen molar-refractivity contribution in [1.29, 1.82) is 0 Å². The highest BCUT2D eigenvalue weighted by Gasteiger charge is 2.12. The van der Waals surface area contributed by atoms with Crippen LogP contribution in [-0.2, 0) is 9.47 Å². The van der Waals surface area contributed by atoms with Gasteiger partial charge in [0.15, 0.2) is 0 Å². The van der Waals surface area contributed by atoms with Crippen LogP contribution in [0.1, 0.15) is 19.8 Å². The van der Waals surface area contributed by atoms with Crippen LogP contribution in [0.25, 0.3) is 0 Å². The van der Waals surface area contributed by atoms with E-state index in [1.165, 1.54) is 0 Å². The molecule has 0 aromatic rings. The summed E-state index contributed by atoms with van der Waals surface area (Å²) in [6, 6.07) is 0.445. The minimum Gasteiger partial charge on any atom is -0.383 e. The van der Waals surface area contributed by atoms with Gasteiger partial charge in [-0.15, -0.1) is 11.6 Å². The molecule has 0 spiro atoms. The van der Waals surface area contributed by atoms with Crippen molar-refractivity contribution in [3.8, 4) is 0 Å². The second kappa shape index (κ2) is 10.7. The van der Waals surface area contributed by atoms with E-state index in [4.69, 9.17) is 21.1 Å². The van der Waals surface area contributed by atoms with E-state index in [1.54, 1.807) is 14.2 Å². The number of ether oxygens (including phenoxy) is 2. The lowest BCUT2D eigenvalue weighted by molar-refractivity contribution is 0.0743. The summed E-state index contributed by atoms with van der Waals surface area (Å²) in [5, 5.41) is 0. The molecule has 92 valence electrons. The van der Waals surface area contributed by atoms with Crippen LogP contribution < -0.4 is 0 Å². The molecule has 0 bridgehead atoms. The monoisotopic (exact) mass is 237 g/mol. The molecule has 0 aromatic carbocycles. The highest BCUT2D eigenvalue weighted by atomic mass is 35.5. The second-order valence-electron chi connectivity index (χ2n) is 3.73. The van der Waals surface area contributed by atoms with E-state index in [2.05, 4.69) is 11.8 Å². The van der Waals surface area contributed by atoms with Crippen molar-refractivity contribution in [3.63, 3.8) is 0 Å². The molecule has 0 aliphatic rings. The number of hydrogen-bond acceptors (Lipinski definition) is 3. The molecule has 3 nitrogen and oxygen atoms in total. The zero-order valence-corrected chi connectivity index (χ0v) is 10.9. The van der Waals surface area contributed by atoms with E-state index >= 15 is 0 Å². The molecule has 0 fully saturated rings. The fraction of sp³-hybridized carbons (Fsp3) is 1.00. The van der Waals surface area contributed by atoms with Crippen molar-refractivity contribution in [3.05, 3.63) is 0 Å². The molecule has 0 aliphatic carbocycles. The number of nitrogens with zero attached hydrogens (tertiary/aromatic N) is 1. The molecule has 0 radical (unpaired) electrons. The summed E-state index contributed by atoms with van der Waals surface area (Å²) in [5.74, 6) is 0.747. The predicted molar refractivity (Wildman–Crippen MR) is 64.7 cm³/mol. The fourth-order valence-electron chi connectivity index (χ4n) is 1.52. The van der Waals surface area contributed by atoms with E-state index in [0.717, 1.165) is 45.0 Å². The zero-order valence-electron chi connectivity index (χ0n) is 10.2. The number of rotatable bonds is 10. The number of alkyl halides is 1. The number of methoxy groups -OCH3 is 2. The average Bonchev–Trinajstić information content (AvgIpc) is 2.23. The molecule has 0 N–H and O–H groups in total. The van der Waals surface area contributed by atoms with Crippen molar-refractivity contribution in [1.82, 2.24) is 4.90 Å². The van der Waals surface area contributed by atoms with Crippen LogP contribution in [0.3, 0.4) is 0 Å². The summed E-state index contributed by atoms with van der Waals surface area (Å²) in [5.41, 5.74) is 0. The number of hydrogen-bond donors (Lipinski definition) is 0. The summed E-state index contributed by atoms with van der Waals surface area (Å²) in [6.07, 6.45) is 2.21. The van der Waals surface area contributed by atoms with E-state index in [0.29, 0.717) is 6.04 Å². The molecule has 1 unspecified atom stereocenters. The van der Waals surface area contributed by atoms with Crippen LogP contribution in [0.5, 0.6) is 0 Å². The topological polar surface area (TPSA) is 21.7 Å². The predicted octanol–water partition coefficient (Wildman–Crippen LogP) is 1.99. The summed E-state index contributed by atoms with van der Waals surface area (Å²) in [6.45, 7) is 5.75. The molecule has 0 aliphatic heterocycles. The Bertz CT molecular complexity index is 136. The van der Waals surface area contributed by atoms with Crippen molar-refractivity contribution in [2.45, 2.75) is 25.8 Å². The average molecular weight is 238 g/mol. The van der Waals surface area contributed by atoms with Gasteiger partial charge in [-0.1, -0.05) is 0 Å². The summed E-state index contributed by atoms with van der Waals surface area (Å²) >= 11 is 5.66. The fourth-order valence-corrected chi connectivity index (χ4v) is 1.71. The Morgan fingerprint density at radius 2 is 1.87 bits per heavy atom. The van der Waals surface area contributed by atoms with Gasteiger partial charge < -0.3 is 9.47 Å². The third-order valence-electron chi connectivity index (χ3n) is 2.44. The molecule has 4 heteroatoms. The van der Waals surface area contributed by atoms with Crippen molar-refractivity contribution in [2.75, 3.05) is 46.4 Å². The van der Waals surface area contributed by atoms with Crippen LogP contribution >= 0.6 is 11.6 Å². The molecule has 0 amide bonds. The van der Waals surface area contributed by atoms with Gasteiger partial charge in [-0.25, -0.2) is 0 Å². The third kappa shape index (κ3) is 8.03. The Hall–Kier alpha value is 0.170. The van der Waals surface area contributed by atoms with E-state index in [-0.39, 0.29) is 0 Å². The highest BCUT2D eigenvalue weighted by molar-refractivity contribution is 6.17. The largest absolute Gasteiger partial charge is 0.383 e. The first-order chi connectivity index (χ1) is 7.26. The smallest absolute Gasteiger partial charge is 0.0615 e. The second-order valence-corrected chi connectivity index (χ2v) is 4.11. The Kier molecular flexibility index (Phi) is 10.8. The molecule has 0 aromatic heterocycles. The summed E-state index contributed by atoms with van der Waals surface area (Å²) in [7, 11) is 3.47. The lowest BCUT2D eigenvalue weighted by Crippen LogP contribution is -2.39. The number of halogens is 1. The van der Waals surface area contributed by atoms with Crippen molar-refractivity contribution < 1.29 is 9.47 Å². The van der Waals surface area contributed by atoms with Gasteiger partial charge >= 0.3 is 0 Å². The Balaban J connectivity index is 3.81. The first-order valence-corrected chi connectivity index (χ1v) is 6.07. The van der Waals surface area contributed by atoms with Crippen molar-refractivity contribution >= 4 is 11.6 Å². The quantitative estimate of drug-likeness (QED) is 0.429. The van der Waals surface area contributed by atoms with E-state index in [1.807, 2.05) is 0 Å². The van der Waals surface area contributed by atoms with Gasteiger partial charge in [-0.2, -0.15) is 0 Å². The Morgan fingerprint density at radius 1 is 1.13 bits per heavy atom. The van der Waals surface area contributed by atoms with Gasteiger partial charge in [0.2, 0.25) is 0 Å². The van der Waals surface area contributed by atoms with Gasteiger partial charge in [0.05, 0.1) is 13.2 Å². The normalized spacial score (nSPS) is 13.4. The summed E-state index contributed by atoms with van der Waals surface area (Å²) < 4.78 is 10.3. The van der Waals surface area contributed by atoms with Crippen LogP contribution in [0.4, 0.5) is 0 Å². The van der Waals surface area contributed by atoms with E-state index in [9.17, 15) is 0 Å². The zero-order chi connectivity index (χ0) is 11.5. The Morgan fingerprint density at radius 3 is 2.40 bits per heavy atom. The van der Waals surface area contributed by atoms with Gasteiger partial charge in [-0.05, 0) is 26.3 Å². The standard InChI is InChI=1S/C11H24ClNO2/c1-11(10-15-3)13(8-9-14-2)7-5-4-6-12/h11H,4-10H2,1-3H3. The van der Waals surface area contributed by atoms with Gasteiger partial charge in [0, 0.05) is 32.7 Å². The number of unbranched alkanes of at least 4 members (excludes halogenated alkanes) is 1. The van der Waals surface area contributed by atoms with Gasteiger partial charge in [0.1, 0.15) is 0 Å². The Labute approximate surface area is 98.7 Å². The van der Waals surface area contributed by atoms with Crippen LogP contribution in [0.2, 0.25) is 0 Å². The molecule has 15 heavy (non-hydrogen) atoms. The molecule has 1 atom stereocenters. The maximum Gasteiger partial charge on any atom is 0.0615 e. The van der Waals surface area contributed by atoms with Crippen LogP contribution in [-0.4, -0.2) is 57.3 Å². The SMILES string of the molecule is COCCN(CCCCCl)C(C)COC. The van der Waals surface area contributed by atoms with Crippen LogP contribution in [0, 0.1) is 0 Å². The van der Waals surface area contributed by atoms with Gasteiger partial charge in [-0.3, -0.25) is 4.90 Å². The minimum atomic E-state index is 0.445. The molecule has 0 saturated heterocycles. The first-order valence-electron chi connectivity index (χ1n) is 5.54. The lowest BCUT2D eigenvalue weighted by Gasteiger charge is -2.28. The molecule has 0 rings (SSSR count). The molecular weight excluding hydrogens is 214 g/mol. The van der Waals surface area contributed by atoms with E-state index < -0.39 is 0 Å². The summed E-state index contributed by atoms with van der Waals surface area (Å²) in [4.78, 5) is 2.39. The lowest BCUT2D eigenvalue weighted by atomic mass is 10.2. The van der Waals surface area contributed by atoms with Gasteiger partial charge in [0.25, 0.3) is 0 Å². The van der Waals surface area contributed by atoms with Crippen molar-refractivity contribution in [2.24, 2.45) is 0 Å². The van der Waals surface area contributed by atoms with Crippen LogP contribution in [0.15, 0.2) is 0 Å². The molecular formula is C11H24ClNO2. The maximum absolute atomic E-state index is 5.66. The first kappa shape index (κ1) is 15.2.